The number of rotatable bonds is 10. The normalized spacial score (nSPS) is 10.3. The number of aryl methyl sites for hydroxylation is 1. The maximum absolute atomic E-state index is 12.4. The average Bonchev–Trinajstić information content (AvgIpc) is 2.71. The minimum atomic E-state index is -0.555. The van der Waals surface area contributed by atoms with E-state index in [1.54, 1.807) is 62.5 Å². The van der Waals surface area contributed by atoms with Crippen molar-refractivity contribution in [1.82, 2.24) is 5.32 Å². The predicted molar refractivity (Wildman–Crippen MR) is 107 cm³/mol. The lowest BCUT2D eigenvalue weighted by atomic mass is 10.1. The average molecular weight is 399 g/mol. The van der Waals surface area contributed by atoms with Gasteiger partial charge in [0.25, 0.3) is 0 Å². The number of ether oxygens (including phenoxy) is 3. The van der Waals surface area contributed by atoms with Gasteiger partial charge >= 0.3 is 17.9 Å². The van der Waals surface area contributed by atoms with Gasteiger partial charge in [-0.25, -0.2) is 4.79 Å². The van der Waals surface area contributed by atoms with E-state index in [1.807, 2.05) is 0 Å². The van der Waals surface area contributed by atoms with Crippen LogP contribution in [0.3, 0.4) is 0 Å². The highest BCUT2D eigenvalue weighted by atomic mass is 16.6. The molecule has 0 atom stereocenters. The quantitative estimate of drug-likeness (QED) is 0.485. The summed E-state index contributed by atoms with van der Waals surface area (Å²) in [6, 6.07) is 13.5. The van der Waals surface area contributed by atoms with Crippen molar-refractivity contribution < 1.29 is 28.6 Å². The molecule has 0 bridgehead atoms. The first-order chi connectivity index (χ1) is 14.0. The summed E-state index contributed by atoms with van der Waals surface area (Å²) in [6.45, 7) is 2.14. The van der Waals surface area contributed by atoms with Crippen LogP contribution >= 0.6 is 0 Å². The zero-order valence-corrected chi connectivity index (χ0v) is 16.6. The molecule has 7 heteroatoms. The van der Waals surface area contributed by atoms with Crippen LogP contribution in [0.2, 0.25) is 0 Å². The lowest BCUT2D eigenvalue weighted by molar-refractivity contribution is -0.143. The molecule has 0 aliphatic heterocycles. The van der Waals surface area contributed by atoms with Gasteiger partial charge in [-0.3, -0.25) is 9.59 Å². The van der Waals surface area contributed by atoms with Gasteiger partial charge in [0.15, 0.2) is 11.5 Å². The minimum absolute atomic E-state index is 0.0212. The number of hydrogen-bond donors (Lipinski definition) is 1. The lowest BCUT2D eigenvalue weighted by Crippen LogP contribution is -2.23. The second-order valence-electron chi connectivity index (χ2n) is 6.20. The van der Waals surface area contributed by atoms with Crippen molar-refractivity contribution in [1.29, 1.82) is 0 Å². The van der Waals surface area contributed by atoms with Crippen molar-refractivity contribution >= 4 is 17.9 Å². The van der Waals surface area contributed by atoms with Crippen molar-refractivity contribution in [3.8, 4) is 11.5 Å². The van der Waals surface area contributed by atoms with Gasteiger partial charge in [0.1, 0.15) is 0 Å². The molecule has 29 heavy (non-hydrogen) atoms. The summed E-state index contributed by atoms with van der Waals surface area (Å²) in [5, 5.41) is 2.71. The zero-order chi connectivity index (χ0) is 21.1. The molecule has 0 saturated heterocycles. The van der Waals surface area contributed by atoms with Crippen LogP contribution in [0.1, 0.15) is 35.7 Å². The Morgan fingerprint density at radius 3 is 2.38 bits per heavy atom. The van der Waals surface area contributed by atoms with Crippen molar-refractivity contribution in [3.63, 3.8) is 0 Å². The molecule has 154 valence electrons. The Morgan fingerprint density at radius 1 is 0.931 bits per heavy atom. The van der Waals surface area contributed by atoms with Crippen molar-refractivity contribution in [3.05, 3.63) is 59.7 Å². The molecule has 0 saturated carbocycles. The number of esters is 3. The zero-order valence-electron chi connectivity index (χ0n) is 16.6. The van der Waals surface area contributed by atoms with Crippen molar-refractivity contribution in [2.45, 2.75) is 26.2 Å². The highest BCUT2D eigenvalue weighted by Crippen LogP contribution is 2.30. The van der Waals surface area contributed by atoms with Gasteiger partial charge in [-0.15, -0.1) is 0 Å². The Balaban J connectivity index is 2.14. The van der Waals surface area contributed by atoms with Crippen LogP contribution in [0.5, 0.6) is 11.5 Å². The van der Waals surface area contributed by atoms with E-state index >= 15 is 0 Å². The van der Waals surface area contributed by atoms with Gasteiger partial charge in [0.05, 0.1) is 18.7 Å². The van der Waals surface area contributed by atoms with Crippen molar-refractivity contribution in [2.24, 2.45) is 0 Å². The topological polar surface area (TPSA) is 90.9 Å². The molecule has 0 radical (unpaired) electrons. The molecule has 0 amide bonds. The van der Waals surface area contributed by atoms with Crippen LogP contribution in [0.15, 0.2) is 48.5 Å². The molecule has 0 unspecified atom stereocenters. The molecule has 0 aromatic heterocycles. The Labute approximate surface area is 170 Å². The Hall–Kier alpha value is -3.19. The van der Waals surface area contributed by atoms with Gasteiger partial charge in [-0.05, 0) is 56.6 Å². The van der Waals surface area contributed by atoms with Gasteiger partial charge in [-0.1, -0.05) is 24.3 Å². The van der Waals surface area contributed by atoms with E-state index in [2.05, 4.69) is 5.32 Å². The number of hydrogen-bond acceptors (Lipinski definition) is 7. The molecule has 0 fully saturated rings. The van der Waals surface area contributed by atoms with E-state index in [0.29, 0.717) is 31.4 Å². The number of nitrogens with one attached hydrogen (secondary N) is 1. The van der Waals surface area contributed by atoms with E-state index in [1.165, 1.54) is 0 Å². The van der Waals surface area contributed by atoms with Crippen LogP contribution in [-0.4, -0.2) is 38.1 Å². The van der Waals surface area contributed by atoms with Crippen molar-refractivity contribution in [2.75, 3.05) is 20.2 Å². The summed E-state index contributed by atoms with van der Waals surface area (Å²) in [4.78, 5) is 35.7. The molecular weight excluding hydrogens is 374 g/mol. The molecular formula is C22H25NO6. The van der Waals surface area contributed by atoms with E-state index in [0.717, 1.165) is 5.56 Å². The number of carbonyl (C=O) groups excluding carboxylic acids is 3. The first-order valence-electron chi connectivity index (χ1n) is 9.44. The molecule has 0 aliphatic rings. The Kier molecular flexibility index (Phi) is 8.85. The number of likely N-dealkylation sites (N-methyl/N-ethyl adjacent to an activating group) is 1. The largest absolute Gasteiger partial charge is 0.466 e. The number of carbonyl (C=O) groups is 3. The fourth-order valence-electron chi connectivity index (χ4n) is 2.58. The first-order valence-corrected chi connectivity index (χ1v) is 9.44. The van der Waals surface area contributed by atoms with E-state index in [-0.39, 0.29) is 24.0 Å². The fraction of sp³-hybridized carbons (Fsp3) is 0.318. The molecule has 2 aromatic carbocycles. The maximum Gasteiger partial charge on any atom is 0.343 e. The highest BCUT2D eigenvalue weighted by Gasteiger charge is 2.16. The molecule has 7 nitrogen and oxygen atoms in total. The molecule has 0 heterocycles. The maximum atomic E-state index is 12.4. The SMILES string of the molecule is CCOC(=O)CCCc1ccc(OC(=O)CNC)c(OC(=O)c2ccccc2)c1. The molecule has 2 rings (SSSR count). The molecule has 2 aromatic rings. The van der Waals surface area contributed by atoms with Crippen LogP contribution in [0.4, 0.5) is 0 Å². The second-order valence-corrected chi connectivity index (χ2v) is 6.20. The predicted octanol–water partition coefficient (Wildman–Crippen LogP) is 2.92. The Morgan fingerprint density at radius 2 is 1.69 bits per heavy atom. The van der Waals surface area contributed by atoms with Gasteiger partial charge < -0.3 is 19.5 Å². The van der Waals surface area contributed by atoms with Crippen LogP contribution in [-0.2, 0) is 20.7 Å². The summed E-state index contributed by atoms with van der Waals surface area (Å²) in [7, 11) is 1.63. The highest BCUT2D eigenvalue weighted by molar-refractivity contribution is 5.91. The number of benzene rings is 2. The monoisotopic (exact) mass is 399 g/mol. The molecule has 1 N–H and O–H groups in total. The summed E-state index contributed by atoms with van der Waals surface area (Å²) >= 11 is 0. The third kappa shape index (κ3) is 7.38. The summed E-state index contributed by atoms with van der Waals surface area (Å²) in [5.41, 5.74) is 1.23. The molecule has 0 aliphatic carbocycles. The van der Waals surface area contributed by atoms with Gasteiger partial charge in [-0.2, -0.15) is 0 Å². The first kappa shape index (κ1) is 22.1. The van der Waals surface area contributed by atoms with Gasteiger partial charge in [0, 0.05) is 6.42 Å². The Bertz CT molecular complexity index is 834. The summed E-state index contributed by atoms with van der Waals surface area (Å²) < 4.78 is 15.7. The fourth-order valence-corrected chi connectivity index (χ4v) is 2.58. The third-order valence-electron chi connectivity index (χ3n) is 3.92. The lowest BCUT2D eigenvalue weighted by Gasteiger charge is -2.12. The second kappa shape index (κ2) is 11.6. The van der Waals surface area contributed by atoms with E-state index in [9.17, 15) is 14.4 Å². The third-order valence-corrected chi connectivity index (χ3v) is 3.92. The minimum Gasteiger partial charge on any atom is -0.466 e. The van der Waals surface area contributed by atoms with Crippen LogP contribution in [0.25, 0.3) is 0 Å². The van der Waals surface area contributed by atoms with E-state index < -0.39 is 11.9 Å². The smallest absolute Gasteiger partial charge is 0.343 e. The summed E-state index contributed by atoms with van der Waals surface area (Å²) in [5.74, 6) is -0.999. The standard InChI is InChI=1S/C22H25NO6/c1-3-27-20(24)11-7-8-16-12-13-18(28-21(25)15-23-2)19(14-16)29-22(26)17-9-5-4-6-10-17/h4-6,9-10,12-14,23H,3,7-8,11,15H2,1-2H3. The van der Waals surface area contributed by atoms with Crippen LogP contribution < -0.4 is 14.8 Å². The van der Waals surface area contributed by atoms with E-state index in [4.69, 9.17) is 14.2 Å². The molecule has 0 spiro atoms. The summed E-state index contributed by atoms with van der Waals surface area (Å²) in [6.07, 6.45) is 1.47. The van der Waals surface area contributed by atoms with Crippen LogP contribution in [0, 0.1) is 0 Å². The van der Waals surface area contributed by atoms with Gasteiger partial charge in [0.2, 0.25) is 0 Å².